The Balaban J connectivity index is 2.14. The predicted octanol–water partition coefficient (Wildman–Crippen LogP) is 3.79. The van der Waals surface area contributed by atoms with Crippen molar-refractivity contribution in [3.05, 3.63) is 31.9 Å². The lowest BCUT2D eigenvalue weighted by molar-refractivity contribution is -0.385. The number of nitro benzene ring substituents is 1. The van der Waals surface area contributed by atoms with Crippen molar-refractivity contribution in [2.45, 2.75) is 45.2 Å². The Labute approximate surface area is 126 Å². The molecule has 0 spiro atoms. The molecule has 1 N–H and O–H groups in total. The van der Waals surface area contributed by atoms with Crippen molar-refractivity contribution in [3.8, 4) is 0 Å². The van der Waals surface area contributed by atoms with Crippen LogP contribution in [0.15, 0.2) is 18.2 Å². The highest BCUT2D eigenvalue weighted by atomic mass is 127. The van der Waals surface area contributed by atoms with E-state index in [2.05, 4.69) is 24.3 Å². The second-order valence-electron chi connectivity index (χ2n) is 5.07. The molecule has 0 bridgehead atoms. The molecule has 1 saturated heterocycles. The average Bonchev–Trinajstić information content (AvgIpc) is 2.33. The fraction of sp³-hybridized carbons (Fsp3) is 0.538. The fourth-order valence-electron chi connectivity index (χ4n) is 2.52. The van der Waals surface area contributed by atoms with Crippen LogP contribution in [0.1, 0.15) is 33.1 Å². The summed E-state index contributed by atoms with van der Waals surface area (Å²) < 4.78 is 0.657. The molecule has 1 aliphatic heterocycles. The molecule has 5 nitrogen and oxygen atoms in total. The number of hydrazine groups is 1. The maximum absolute atomic E-state index is 10.8. The van der Waals surface area contributed by atoms with Crippen molar-refractivity contribution in [2.75, 3.05) is 5.43 Å². The van der Waals surface area contributed by atoms with Crippen molar-refractivity contribution < 1.29 is 4.92 Å². The normalized spacial score (nSPS) is 24.2. The summed E-state index contributed by atoms with van der Waals surface area (Å²) in [7, 11) is 0. The molecule has 2 atom stereocenters. The molecule has 104 valence electrons. The topological polar surface area (TPSA) is 58.4 Å². The van der Waals surface area contributed by atoms with Crippen molar-refractivity contribution in [3.63, 3.8) is 0 Å². The molecule has 1 aromatic carbocycles. The summed E-state index contributed by atoms with van der Waals surface area (Å²) in [6, 6.07) is 6.12. The number of anilines is 1. The second-order valence-corrected chi connectivity index (χ2v) is 6.23. The van der Waals surface area contributed by atoms with Gasteiger partial charge < -0.3 is 5.43 Å². The van der Waals surface area contributed by atoms with E-state index in [9.17, 15) is 10.1 Å². The van der Waals surface area contributed by atoms with E-state index < -0.39 is 0 Å². The molecule has 2 unspecified atom stereocenters. The quantitative estimate of drug-likeness (QED) is 0.496. The number of hydrogen-bond acceptors (Lipinski definition) is 4. The highest BCUT2D eigenvalue weighted by molar-refractivity contribution is 14.1. The van der Waals surface area contributed by atoms with Gasteiger partial charge in [0.15, 0.2) is 0 Å². The van der Waals surface area contributed by atoms with Crippen molar-refractivity contribution in [1.82, 2.24) is 5.01 Å². The molecule has 0 amide bonds. The van der Waals surface area contributed by atoms with Gasteiger partial charge in [-0.3, -0.25) is 10.1 Å². The standard InChI is InChI=1S/C13H18IN3O2/c1-9-4-3-5-10(2)16(9)15-11-6-7-13(17(18)19)12(14)8-11/h6-10,15H,3-5H2,1-2H3. The van der Waals surface area contributed by atoms with Crippen molar-refractivity contribution in [2.24, 2.45) is 0 Å². The van der Waals surface area contributed by atoms with Crippen LogP contribution in [0.2, 0.25) is 0 Å². The number of nitro groups is 1. The Kier molecular flexibility index (Phi) is 4.62. The molecular formula is C13H18IN3O2. The molecule has 0 radical (unpaired) electrons. The molecule has 2 rings (SSSR count). The first-order valence-electron chi connectivity index (χ1n) is 6.48. The maximum atomic E-state index is 10.8. The summed E-state index contributed by atoms with van der Waals surface area (Å²) in [6.45, 7) is 4.41. The van der Waals surface area contributed by atoms with Gasteiger partial charge in [-0.05, 0) is 61.4 Å². The van der Waals surface area contributed by atoms with E-state index in [1.165, 1.54) is 19.3 Å². The van der Waals surface area contributed by atoms with Crippen LogP contribution in [0.5, 0.6) is 0 Å². The molecule has 0 aliphatic carbocycles. The molecule has 1 aliphatic rings. The Bertz CT molecular complexity index is 471. The van der Waals surface area contributed by atoms with Gasteiger partial charge in [0.1, 0.15) is 0 Å². The van der Waals surface area contributed by atoms with E-state index in [1.807, 2.05) is 28.7 Å². The average molecular weight is 375 g/mol. The van der Waals surface area contributed by atoms with Crippen LogP contribution in [0.25, 0.3) is 0 Å². The molecule has 6 heteroatoms. The monoisotopic (exact) mass is 375 g/mol. The van der Waals surface area contributed by atoms with E-state index in [-0.39, 0.29) is 10.6 Å². The lowest BCUT2D eigenvalue weighted by Gasteiger charge is -2.39. The van der Waals surface area contributed by atoms with Crippen LogP contribution < -0.4 is 5.43 Å². The number of rotatable bonds is 3. The van der Waals surface area contributed by atoms with E-state index in [0.29, 0.717) is 15.7 Å². The number of benzene rings is 1. The zero-order valence-electron chi connectivity index (χ0n) is 11.1. The first-order chi connectivity index (χ1) is 8.99. The van der Waals surface area contributed by atoms with Gasteiger partial charge in [-0.2, -0.15) is 0 Å². The Morgan fingerprint density at radius 1 is 1.37 bits per heavy atom. The van der Waals surface area contributed by atoms with E-state index >= 15 is 0 Å². The van der Waals surface area contributed by atoms with Gasteiger partial charge in [0.25, 0.3) is 5.69 Å². The lowest BCUT2D eigenvalue weighted by atomic mass is 10.00. The number of nitrogens with zero attached hydrogens (tertiary/aromatic N) is 2. The summed E-state index contributed by atoms with van der Waals surface area (Å²) in [6.07, 6.45) is 3.63. The first-order valence-corrected chi connectivity index (χ1v) is 7.56. The van der Waals surface area contributed by atoms with E-state index in [0.717, 1.165) is 5.69 Å². The molecule has 0 aromatic heterocycles. The van der Waals surface area contributed by atoms with Gasteiger partial charge in [0, 0.05) is 18.2 Å². The van der Waals surface area contributed by atoms with Crippen molar-refractivity contribution in [1.29, 1.82) is 0 Å². The molecule has 0 saturated carbocycles. The summed E-state index contributed by atoms with van der Waals surface area (Å²) in [5, 5.41) is 13.0. The van der Waals surface area contributed by atoms with E-state index in [4.69, 9.17) is 0 Å². The third-order valence-corrected chi connectivity index (χ3v) is 4.46. The van der Waals surface area contributed by atoms with Gasteiger partial charge in [-0.1, -0.05) is 6.42 Å². The highest BCUT2D eigenvalue weighted by Gasteiger charge is 2.25. The van der Waals surface area contributed by atoms with Crippen LogP contribution in [0.3, 0.4) is 0 Å². The SMILES string of the molecule is CC1CCCC(C)N1Nc1ccc([N+](=O)[O-])c(I)c1. The molecule has 1 fully saturated rings. The zero-order valence-corrected chi connectivity index (χ0v) is 13.3. The largest absolute Gasteiger partial charge is 0.318 e. The Morgan fingerprint density at radius 3 is 2.53 bits per heavy atom. The van der Waals surface area contributed by atoms with Crippen LogP contribution >= 0.6 is 22.6 Å². The molecule has 1 aromatic rings. The second kappa shape index (κ2) is 6.04. The minimum absolute atomic E-state index is 0.158. The van der Waals surface area contributed by atoms with Gasteiger partial charge in [-0.25, -0.2) is 5.01 Å². The van der Waals surface area contributed by atoms with Crippen LogP contribution in [-0.2, 0) is 0 Å². The van der Waals surface area contributed by atoms with Crippen molar-refractivity contribution >= 4 is 34.0 Å². The summed E-state index contributed by atoms with van der Waals surface area (Å²) >= 11 is 2.01. The van der Waals surface area contributed by atoms with Gasteiger partial charge >= 0.3 is 0 Å². The molecule has 19 heavy (non-hydrogen) atoms. The minimum atomic E-state index is -0.350. The highest BCUT2D eigenvalue weighted by Crippen LogP contribution is 2.27. The number of nitrogens with one attached hydrogen (secondary N) is 1. The minimum Gasteiger partial charge on any atom is -0.318 e. The third kappa shape index (κ3) is 3.36. The zero-order chi connectivity index (χ0) is 14.0. The van der Waals surface area contributed by atoms with E-state index in [1.54, 1.807) is 12.1 Å². The smallest absolute Gasteiger partial charge is 0.282 e. The number of halogens is 1. The van der Waals surface area contributed by atoms with Crippen LogP contribution in [-0.4, -0.2) is 22.0 Å². The first kappa shape index (κ1) is 14.5. The Hall–Kier alpha value is -0.890. The van der Waals surface area contributed by atoms with Crippen LogP contribution in [0, 0.1) is 13.7 Å². The summed E-state index contributed by atoms with van der Waals surface area (Å²) in [5.41, 5.74) is 4.46. The number of hydrogen-bond donors (Lipinski definition) is 1. The molecular weight excluding hydrogens is 357 g/mol. The Morgan fingerprint density at radius 2 is 2.00 bits per heavy atom. The van der Waals surface area contributed by atoms with Gasteiger partial charge in [0.2, 0.25) is 0 Å². The lowest BCUT2D eigenvalue weighted by Crippen LogP contribution is -2.47. The summed E-state index contributed by atoms with van der Waals surface area (Å²) in [4.78, 5) is 10.4. The third-order valence-electron chi connectivity index (χ3n) is 3.60. The summed E-state index contributed by atoms with van der Waals surface area (Å²) in [5.74, 6) is 0. The van der Waals surface area contributed by atoms with Gasteiger partial charge in [0.05, 0.1) is 14.2 Å². The fourth-order valence-corrected chi connectivity index (χ4v) is 3.23. The van der Waals surface area contributed by atoms with Crippen LogP contribution in [0.4, 0.5) is 11.4 Å². The predicted molar refractivity (Wildman–Crippen MR) is 84.1 cm³/mol. The molecule has 1 heterocycles. The number of piperidine rings is 1. The maximum Gasteiger partial charge on any atom is 0.282 e. The van der Waals surface area contributed by atoms with Gasteiger partial charge in [-0.15, -0.1) is 0 Å².